The fourth-order valence-corrected chi connectivity index (χ4v) is 3.30. The van der Waals surface area contributed by atoms with Gasteiger partial charge in [-0.05, 0) is 25.1 Å². The van der Waals surface area contributed by atoms with Crippen LogP contribution < -0.4 is 5.73 Å². The topological polar surface area (TPSA) is 63.8 Å². The number of carbonyl (C=O) groups is 1. The third-order valence-electron chi connectivity index (χ3n) is 3.50. The average molecular weight is 288 g/mol. The minimum atomic E-state index is -0.330. The smallest absolute Gasteiger partial charge is 0.223 e. The van der Waals surface area contributed by atoms with Gasteiger partial charge in [0.25, 0.3) is 0 Å². The largest absolute Gasteiger partial charge is 0.369 e. The summed E-state index contributed by atoms with van der Waals surface area (Å²) in [6, 6.07) is 0. The van der Waals surface area contributed by atoms with Crippen LogP contribution in [0.4, 0.5) is 0 Å². The van der Waals surface area contributed by atoms with Gasteiger partial charge in [-0.25, -0.2) is 0 Å². The molecule has 1 fully saturated rings. The minimum absolute atomic E-state index is 0.227. The number of imidazole rings is 1. The molecule has 0 bridgehead atoms. The Balaban J connectivity index is 2.41. The lowest BCUT2D eigenvalue weighted by molar-refractivity contribution is -0.117. The molecular formula is C12H18ClN3OS. The Labute approximate surface area is 117 Å². The van der Waals surface area contributed by atoms with Crippen LogP contribution in [-0.4, -0.2) is 21.3 Å². The Morgan fingerprint density at radius 2 is 2.17 bits per heavy atom. The predicted molar refractivity (Wildman–Crippen MR) is 74.4 cm³/mol. The van der Waals surface area contributed by atoms with Gasteiger partial charge in [0.1, 0.15) is 0 Å². The molecule has 0 unspecified atom stereocenters. The van der Waals surface area contributed by atoms with E-state index in [1.807, 2.05) is 4.57 Å². The second-order valence-electron chi connectivity index (χ2n) is 4.76. The van der Waals surface area contributed by atoms with Crippen molar-refractivity contribution in [1.82, 2.24) is 9.55 Å². The van der Waals surface area contributed by atoms with Crippen LogP contribution in [-0.2, 0) is 17.8 Å². The van der Waals surface area contributed by atoms with Crippen LogP contribution in [0.3, 0.4) is 0 Å². The zero-order valence-electron chi connectivity index (χ0n) is 10.2. The SMILES string of the molecule is NC(=O)Cc1[nH]c(=S)n(CCCl)c1C1CCCC1. The van der Waals surface area contributed by atoms with Gasteiger partial charge in [0.2, 0.25) is 5.91 Å². The number of nitrogens with two attached hydrogens (primary N) is 1. The monoisotopic (exact) mass is 287 g/mol. The van der Waals surface area contributed by atoms with Crippen molar-refractivity contribution < 1.29 is 4.79 Å². The first kappa shape index (κ1) is 13.6. The van der Waals surface area contributed by atoms with E-state index in [9.17, 15) is 4.79 Å². The van der Waals surface area contributed by atoms with E-state index in [1.54, 1.807) is 0 Å². The third-order valence-corrected chi connectivity index (χ3v) is 4.00. The summed E-state index contributed by atoms with van der Waals surface area (Å²) in [5.74, 6) is 0.668. The lowest BCUT2D eigenvalue weighted by Gasteiger charge is -2.14. The molecule has 4 nitrogen and oxygen atoms in total. The molecule has 1 aromatic rings. The fourth-order valence-electron chi connectivity index (χ4n) is 2.81. The van der Waals surface area contributed by atoms with Crippen molar-refractivity contribution in [3.63, 3.8) is 0 Å². The van der Waals surface area contributed by atoms with Gasteiger partial charge < -0.3 is 15.3 Å². The van der Waals surface area contributed by atoms with Crippen molar-refractivity contribution >= 4 is 29.7 Å². The van der Waals surface area contributed by atoms with Crippen LogP contribution in [0.5, 0.6) is 0 Å². The van der Waals surface area contributed by atoms with Gasteiger partial charge in [0.05, 0.1) is 6.42 Å². The lowest BCUT2D eigenvalue weighted by Crippen LogP contribution is -2.17. The Hall–Kier alpha value is -0.810. The number of H-pyrrole nitrogens is 1. The summed E-state index contributed by atoms with van der Waals surface area (Å²) in [6.45, 7) is 0.682. The molecule has 100 valence electrons. The van der Waals surface area contributed by atoms with Gasteiger partial charge in [-0.1, -0.05) is 12.8 Å². The number of aromatic amines is 1. The van der Waals surface area contributed by atoms with E-state index in [1.165, 1.54) is 12.8 Å². The number of primary amides is 1. The van der Waals surface area contributed by atoms with Crippen LogP contribution in [0, 0.1) is 4.77 Å². The lowest BCUT2D eigenvalue weighted by atomic mass is 10.0. The van der Waals surface area contributed by atoms with Crippen molar-refractivity contribution in [3.05, 3.63) is 16.2 Å². The van der Waals surface area contributed by atoms with Gasteiger partial charge in [0.15, 0.2) is 4.77 Å². The second-order valence-corrected chi connectivity index (χ2v) is 5.52. The van der Waals surface area contributed by atoms with Crippen LogP contribution >= 0.6 is 23.8 Å². The van der Waals surface area contributed by atoms with Crippen molar-refractivity contribution in [2.45, 2.75) is 44.6 Å². The predicted octanol–water partition coefficient (Wildman–Crippen LogP) is 2.47. The molecule has 1 aliphatic carbocycles. The molecule has 2 rings (SSSR count). The highest BCUT2D eigenvalue weighted by atomic mass is 35.5. The first-order valence-electron chi connectivity index (χ1n) is 6.29. The number of alkyl halides is 1. The Morgan fingerprint density at radius 3 is 2.72 bits per heavy atom. The molecule has 1 amide bonds. The first-order valence-corrected chi connectivity index (χ1v) is 7.23. The van der Waals surface area contributed by atoms with Gasteiger partial charge in [0, 0.05) is 29.7 Å². The highest BCUT2D eigenvalue weighted by Crippen LogP contribution is 2.36. The molecule has 0 atom stereocenters. The van der Waals surface area contributed by atoms with Crippen molar-refractivity contribution in [1.29, 1.82) is 0 Å². The summed E-state index contributed by atoms with van der Waals surface area (Å²) in [4.78, 5) is 14.3. The quantitative estimate of drug-likeness (QED) is 0.645. The summed E-state index contributed by atoms with van der Waals surface area (Å²) in [5, 5.41) is 0. The molecule has 1 aliphatic rings. The number of nitrogens with zero attached hydrogens (tertiary/aromatic N) is 1. The Kier molecular flexibility index (Phi) is 4.45. The minimum Gasteiger partial charge on any atom is -0.369 e. The number of aromatic nitrogens is 2. The molecule has 0 aliphatic heterocycles. The van der Waals surface area contributed by atoms with Crippen molar-refractivity contribution in [3.8, 4) is 0 Å². The first-order chi connectivity index (χ1) is 8.63. The molecular weight excluding hydrogens is 270 g/mol. The normalized spacial score (nSPS) is 16.3. The van der Waals surface area contributed by atoms with Crippen LogP contribution in [0.15, 0.2) is 0 Å². The number of amides is 1. The number of nitrogens with one attached hydrogen (secondary N) is 1. The maximum atomic E-state index is 11.1. The van der Waals surface area contributed by atoms with Gasteiger partial charge in [-0.15, -0.1) is 11.6 Å². The summed E-state index contributed by atoms with van der Waals surface area (Å²) in [7, 11) is 0. The molecule has 1 aromatic heterocycles. The number of hydrogen-bond donors (Lipinski definition) is 2. The molecule has 0 spiro atoms. The molecule has 0 radical (unpaired) electrons. The molecule has 1 heterocycles. The van der Waals surface area contributed by atoms with Crippen molar-refractivity contribution in [2.24, 2.45) is 5.73 Å². The van der Waals surface area contributed by atoms with Crippen LogP contribution in [0.1, 0.15) is 43.0 Å². The molecule has 6 heteroatoms. The standard InChI is InChI=1S/C12H18ClN3OS/c13-5-6-16-11(8-3-1-2-4-8)9(7-10(14)17)15-12(16)18/h8H,1-7H2,(H2,14,17)(H,15,18). The van der Waals surface area contributed by atoms with Crippen LogP contribution in [0.2, 0.25) is 0 Å². The summed E-state index contributed by atoms with van der Waals surface area (Å²) >= 11 is 11.1. The zero-order valence-corrected chi connectivity index (χ0v) is 11.8. The number of halogens is 1. The van der Waals surface area contributed by atoms with Gasteiger partial charge in [-0.3, -0.25) is 4.79 Å². The molecule has 0 aromatic carbocycles. The maximum Gasteiger partial charge on any atom is 0.223 e. The maximum absolute atomic E-state index is 11.1. The van der Waals surface area contributed by atoms with E-state index < -0.39 is 0 Å². The Morgan fingerprint density at radius 1 is 1.50 bits per heavy atom. The third kappa shape index (κ3) is 2.78. The summed E-state index contributed by atoms with van der Waals surface area (Å²) < 4.78 is 2.69. The van der Waals surface area contributed by atoms with Gasteiger partial charge >= 0.3 is 0 Å². The molecule has 1 saturated carbocycles. The summed E-state index contributed by atoms with van der Waals surface area (Å²) in [6.07, 6.45) is 5.01. The highest BCUT2D eigenvalue weighted by Gasteiger charge is 2.25. The fraction of sp³-hybridized carbons (Fsp3) is 0.667. The van der Waals surface area contributed by atoms with Crippen LogP contribution in [0.25, 0.3) is 0 Å². The van der Waals surface area contributed by atoms with Gasteiger partial charge in [-0.2, -0.15) is 0 Å². The average Bonchev–Trinajstić information content (AvgIpc) is 2.88. The van der Waals surface area contributed by atoms with E-state index >= 15 is 0 Å². The Bertz CT molecular complexity index is 488. The number of hydrogen-bond acceptors (Lipinski definition) is 2. The second kappa shape index (κ2) is 5.89. The highest BCUT2D eigenvalue weighted by molar-refractivity contribution is 7.71. The number of rotatable bonds is 5. The zero-order chi connectivity index (χ0) is 13.1. The number of carbonyl (C=O) groups excluding carboxylic acids is 1. The molecule has 3 N–H and O–H groups in total. The van der Waals surface area contributed by atoms with E-state index in [4.69, 9.17) is 29.6 Å². The molecule has 0 saturated heterocycles. The molecule has 18 heavy (non-hydrogen) atoms. The van der Waals surface area contributed by atoms with E-state index in [0.29, 0.717) is 23.1 Å². The van der Waals surface area contributed by atoms with Crippen molar-refractivity contribution in [2.75, 3.05) is 5.88 Å². The van der Waals surface area contributed by atoms with E-state index in [2.05, 4.69) is 4.98 Å². The summed E-state index contributed by atoms with van der Waals surface area (Å²) in [5.41, 5.74) is 7.33. The van der Waals surface area contributed by atoms with E-state index in [0.717, 1.165) is 24.2 Å². The van der Waals surface area contributed by atoms with E-state index in [-0.39, 0.29) is 12.3 Å².